The highest BCUT2D eigenvalue weighted by Gasteiger charge is 2.51. The number of fused-ring (bicyclic) bond motifs is 5. The van der Waals surface area contributed by atoms with Crippen LogP contribution in [0.25, 0.3) is 22.3 Å². The Morgan fingerprint density at radius 2 is 1.66 bits per heavy atom. The van der Waals surface area contributed by atoms with Crippen LogP contribution in [0, 0.1) is 17.8 Å². The minimum atomic E-state index is -2.02. The number of phenols is 1. The first-order chi connectivity index (χ1) is 38.0. The molecule has 2 atom stereocenters. The van der Waals surface area contributed by atoms with Crippen molar-refractivity contribution in [2.45, 2.75) is 169 Å². The number of ether oxygens (including phenoxy) is 5. The number of hydrogen-bond donors (Lipinski definition) is 4. The van der Waals surface area contributed by atoms with Gasteiger partial charge in [-0.15, -0.1) is 5.10 Å². The maximum atomic E-state index is 14.1. The number of amides is 5. The molecule has 2 unspecified atom stereocenters. The van der Waals surface area contributed by atoms with Crippen molar-refractivity contribution in [3.63, 3.8) is 0 Å². The van der Waals surface area contributed by atoms with Crippen molar-refractivity contribution < 1.29 is 62.4 Å². The maximum absolute atomic E-state index is 14.1. The van der Waals surface area contributed by atoms with Crippen molar-refractivity contribution >= 4 is 52.6 Å². The van der Waals surface area contributed by atoms with Crippen LogP contribution in [-0.4, -0.2) is 126 Å². The number of hydrogen-bond acceptors (Lipinski definition) is 17. The number of aromatic nitrogens is 5. The molecule has 4 aromatic rings. The molecule has 3 aromatic heterocycles. The Labute approximate surface area is 464 Å². The van der Waals surface area contributed by atoms with Crippen LogP contribution in [0.1, 0.15) is 141 Å². The maximum Gasteiger partial charge on any atom is 0.509 e. The highest BCUT2D eigenvalue weighted by Crippen LogP contribution is 2.43. The summed E-state index contributed by atoms with van der Waals surface area (Å²) in [5.74, 6) is -2.16. The highest BCUT2D eigenvalue weighted by atomic mass is 16.7. The van der Waals surface area contributed by atoms with E-state index in [1.807, 2.05) is 34.6 Å². The van der Waals surface area contributed by atoms with Crippen LogP contribution in [0.4, 0.5) is 4.79 Å². The van der Waals surface area contributed by atoms with Crippen LogP contribution in [0.2, 0.25) is 0 Å². The van der Waals surface area contributed by atoms with Gasteiger partial charge in [-0.2, -0.15) is 0 Å². The number of pyridine rings is 2. The lowest BCUT2D eigenvalue weighted by Gasteiger charge is -2.35. The Kier molecular flexibility index (Phi) is 18.1. The monoisotopic (exact) mass is 1110 g/mol. The van der Waals surface area contributed by atoms with Crippen LogP contribution in [0.3, 0.4) is 0 Å². The molecule has 0 spiro atoms. The molecule has 4 aliphatic rings. The lowest BCUT2D eigenvalue weighted by atomic mass is 9.81. The second-order valence-corrected chi connectivity index (χ2v) is 23.0. The van der Waals surface area contributed by atoms with Gasteiger partial charge in [0, 0.05) is 60.5 Å². The number of cyclic esters (lactones) is 1. The number of nitrogens with one attached hydrogen (secondary N) is 3. The van der Waals surface area contributed by atoms with E-state index in [0.29, 0.717) is 74.4 Å². The third-order valence-corrected chi connectivity index (χ3v) is 15.8. The van der Waals surface area contributed by atoms with Gasteiger partial charge in [-0.05, 0) is 121 Å². The van der Waals surface area contributed by atoms with E-state index in [-0.39, 0.29) is 97.9 Å². The largest absolute Gasteiger partial charge is 0.509 e. The molecule has 432 valence electrons. The molecule has 1 saturated heterocycles. The van der Waals surface area contributed by atoms with Gasteiger partial charge in [0.25, 0.3) is 5.56 Å². The number of aryl methyl sites for hydroxylation is 2. The number of carbonyl (C=O) groups excluding carboxylic acids is 7. The number of esters is 1. The molecule has 2 fully saturated rings. The SMILES string of the molecule is CCc1c2c(nc3ccc(O)cc13)-c1cc3c(c(=O)n1C2)COC(=O)C3(CC)OC(=O)OCC(NC(=O)COCC(=O)NC(C)(C)CCOC(C)(C)CCn1cc(CNC(=O)C2CCC(CN3C(=O)CCC3=O)CC2)nn1)C(C)C. The molecule has 5 amide bonds. The average molecular weight is 1110 g/mol. The van der Waals surface area contributed by atoms with Gasteiger partial charge in [0.15, 0.2) is 0 Å². The topological polar surface area (TPSA) is 291 Å². The van der Waals surface area contributed by atoms with Crippen LogP contribution in [0.15, 0.2) is 35.3 Å². The summed E-state index contributed by atoms with van der Waals surface area (Å²) < 4.78 is 31.8. The predicted octanol–water partition coefficient (Wildman–Crippen LogP) is 5.00. The number of rotatable bonds is 24. The summed E-state index contributed by atoms with van der Waals surface area (Å²) in [6.45, 7) is 15.1. The van der Waals surface area contributed by atoms with Crippen LogP contribution in [-0.2, 0) is 90.7 Å². The zero-order valence-corrected chi connectivity index (χ0v) is 47.1. The molecule has 8 rings (SSSR count). The molecular weight excluding hydrogens is 1030 g/mol. The third-order valence-electron chi connectivity index (χ3n) is 15.8. The third kappa shape index (κ3) is 13.5. The summed E-state index contributed by atoms with van der Waals surface area (Å²) >= 11 is 0. The van der Waals surface area contributed by atoms with E-state index in [0.717, 1.165) is 29.4 Å². The molecule has 6 heterocycles. The van der Waals surface area contributed by atoms with E-state index < -0.39 is 65.5 Å². The molecule has 4 N–H and O–H groups in total. The average Bonchev–Trinajstić information content (AvgIpc) is 4.17. The fourth-order valence-electron chi connectivity index (χ4n) is 11.0. The summed E-state index contributed by atoms with van der Waals surface area (Å²) in [6.07, 6.45) is 5.74. The first-order valence-electron chi connectivity index (χ1n) is 27.8. The minimum absolute atomic E-state index is 0.0378. The molecule has 1 aliphatic carbocycles. The molecule has 1 saturated carbocycles. The zero-order chi connectivity index (χ0) is 57.7. The van der Waals surface area contributed by atoms with E-state index in [2.05, 4.69) is 26.3 Å². The Morgan fingerprint density at radius 1 is 0.938 bits per heavy atom. The van der Waals surface area contributed by atoms with Crippen molar-refractivity contribution in [2.75, 3.05) is 33.0 Å². The number of nitrogens with zero attached hydrogens (tertiary/aromatic N) is 6. The molecule has 0 bridgehead atoms. The number of phenolic OH excluding ortho intramolecular Hbond substituents is 1. The number of likely N-dealkylation sites (tertiary alicyclic amines) is 1. The van der Waals surface area contributed by atoms with Gasteiger partial charge in [-0.25, -0.2) is 14.6 Å². The standard InChI is InChI=1S/C57H75N9O14/c1-9-38-39-23-37(67)15-16-43(39)60-50-40(38)28-65-45(50)24-42-41(52(65)73)29-77-53(74)57(42,10-2)80-54(75)78-30-44(33(3)4)59-46(68)31-76-32-47(69)61-55(5,6)20-22-79-56(7,8)19-21-64-27-36(62-63-64)25-58-51(72)35-13-11-34(12-14-35)26-66-48(70)17-18-49(66)71/h15-16,23-24,27,33-35,44,67H,9-14,17-22,25-26,28-32H2,1-8H3,(H,58,72)(H,59,68)(H,61,69). The molecule has 3 aliphatic heterocycles. The lowest BCUT2D eigenvalue weighted by molar-refractivity contribution is -0.175. The Bertz CT molecular complexity index is 3070. The van der Waals surface area contributed by atoms with E-state index in [1.54, 1.807) is 60.5 Å². The van der Waals surface area contributed by atoms with E-state index in [1.165, 1.54) is 4.90 Å². The second kappa shape index (κ2) is 24.6. The van der Waals surface area contributed by atoms with E-state index >= 15 is 0 Å². The Hall–Kier alpha value is -7.27. The Morgan fingerprint density at radius 3 is 2.36 bits per heavy atom. The molecule has 1 aromatic carbocycles. The van der Waals surface area contributed by atoms with Gasteiger partial charge in [-0.3, -0.25) is 38.3 Å². The number of carbonyl (C=O) groups is 7. The molecule has 23 heteroatoms. The van der Waals surface area contributed by atoms with Gasteiger partial charge in [-0.1, -0.05) is 32.9 Å². The normalized spacial score (nSPS) is 19.3. The quantitative estimate of drug-likeness (QED) is 0.0467. The Balaban J connectivity index is 0.736. The summed E-state index contributed by atoms with van der Waals surface area (Å²) in [6, 6.07) is 5.84. The first kappa shape index (κ1) is 58.9. The van der Waals surface area contributed by atoms with Crippen LogP contribution >= 0.6 is 0 Å². The molecular formula is C57H75N9O14. The molecule has 80 heavy (non-hydrogen) atoms. The van der Waals surface area contributed by atoms with Crippen LogP contribution < -0.4 is 21.5 Å². The molecule has 0 radical (unpaired) electrons. The van der Waals surface area contributed by atoms with Gasteiger partial charge in [0.05, 0.1) is 53.4 Å². The van der Waals surface area contributed by atoms with Crippen molar-refractivity contribution in [3.05, 3.63) is 68.8 Å². The number of imide groups is 1. The molecule has 23 nitrogen and oxygen atoms in total. The predicted molar refractivity (Wildman–Crippen MR) is 288 cm³/mol. The minimum Gasteiger partial charge on any atom is -0.508 e. The first-order valence-corrected chi connectivity index (χ1v) is 27.8. The lowest BCUT2D eigenvalue weighted by Crippen LogP contribution is -2.48. The van der Waals surface area contributed by atoms with Gasteiger partial charge < -0.3 is 49.3 Å². The summed E-state index contributed by atoms with van der Waals surface area (Å²) in [4.78, 5) is 110. The van der Waals surface area contributed by atoms with Crippen LogP contribution in [0.5, 0.6) is 5.75 Å². The highest BCUT2D eigenvalue weighted by molar-refractivity contribution is 6.02. The zero-order valence-electron chi connectivity index (χ0n) is 47.1. The van der Waals surface area contributed by atoms with Crippen molar-refractivity contribution in [1.29, 1.82) is 0 Å². The van der Waals surface area contributed by atoms with Crippen molar-refractivity contribution in [2.24, 2.45) is 17.8 Å². The van der Waals surface area contributed by atoms with Crippen molar-refractivity contribution in [1.82, 2.24) is 45.4 Å². The number of aromatic hydroxyl groups is 1. The second-order valence-electron chi connectivity index (χ2n) is 23.0. The fourth-order valence-corrected chi connectivity index (χ4v) is 11.0. The summed E-state index contributed by atoms with van der Waals surface area (Å²) in [5.41, 5.74) is 0.665. The summed E-state index contributed by atoms with van der Waals surface area (Å²) in [5, 5.41) is 28.1. The van der Waals surface area contributed by atoms with Gasteiger partial charge in [0.1, 0.15) is 37.9 Å². The fraction of sp³-hybridized carbons (Fsp3) is 0.596. The van der Waals surface area contributed by atoms with Gasteiger partial charge in [0.2, 0.25) is 35.1 Å². The summed E-state index contributed by atoms with van der Waals surface area (Å²) in [7, 11) is 0. The van der Waals surface area contributed by atoms with E-state index in [4.69, 9.17) is 28.7 Å². The van der Waals surface area contributed by atoms with Gasteiger partial charge >= 0.3 is 12.1 Å². The van der Waals surface area contributed by atoms with Crippen molar-refractivity contribution in [3.8, 4) is 17.1 Å². The number of benzene rings is 1. The smallest absolute Gasteiger partial charge is 0.508 e. The van der Waals surface area contributed by atoms with E-state index in [9.17, 15) is 43.5 Å².